The number of amides is 3. The van der Waals surface area contributed by atoms with E-state index in [1.54, 1.807) is 46.2 Å². The van der Waals surface area contributed by atoms with Crippen molar-refractivity contribution in [3.8, 4) is 5.75 Å². The van der Waals surface area contributed by atoms with E-state index in [-0.39, 0.29) is 37.4 Å². The van der Waals surface area contributed by atoms with Crippen LogP contribution in [-0.2, 0) is 20.9 Å². The highest BCUT2D eigenvalue weighted by Gasteiger charge is 2.56. The molecule has 2 fully saturated rings. The molecule has 174 valence electrons. The average Bonchev–Trinajstić information content (AvgIpc) is 3.22. The van der Waals surface area contributed by atoms with E-state index in [2.05, 4.69) is 0 Å². The van der Waals surface area contributed by atoms with Crippen LogP contribution in [0.15, 0.2) is 48.5 Å². The number of carbonyl (C=O) groups is 3. The van der Waals surface area contributed by atoms with Crippen molar-refractivity contribution in [2.24, 2.45) is 0 Å². The molecule has 0 bridgehead atoms. The quantitative estimate of drug-likeness (QED) is 0.667. The molecule has 2 aliphatic heterocycles. The SMILES string of the molecule is CC(=O)N1CC[C@]2(C1)C(=O)N(c1ccc(OC(C)F)cc1)CC(=O)N2Cc1ccc(Cl)cc1. The number of ether oxygens (including phenoxy) is 1. The lowest BCUT2D eigenvalue weighted by atomic mass is 9.90. The van der Waals surface area contributed by atoms with Crippen LogP contribution in [0.25, 0.3) is 0 Å². The Kier molecular flexibility index (Phi) is 6.30. The van der Waals surface area contributed by atoms with Crippen molar-refractivity contribution in [1.82, 2.24) is 9.80 Å². The maximum absolute atomic E-state index is 13.9. The summed E-state index contributed by atoms with van der Waals surface area (Å²) in [4.78, 5) is 43.9. The Labute approximate surface area is 196 Å². The highest BCUT2D eigenvalue weighted by Crippen LogP contribution is 2.37. The van der Waals surface area contributed by atoms with Crippen LogP contribution in [0, 0.1) is 0 Å². The van der Waals surface area contributed by atoms with Gasteiger partial charge in [-0.3, -0.25) is 14.4 Å². The second-order valence-corrected chi connectivity index (χ2v) is 8.81. The Bertz CT molecular complexity index is 1060. The van der Waals surface area contributed by atoms with Crippen molar-refractivity contribution >= 4 is 35.0 Å². The fourth-order valence-electron chi connectivity index (χ4n) is 4.47. The number of benzene rings is 2. The normalized spacial score (nSPS) is 21.6. The van der Waals surface area contributed by atoms with Gasteiger partial charge < -0.3 is 19.4 Å². The van der Waals surface area contributed by atoms with E-state index >= 15 is 0 Å². The van der Waals surface area contributed by atoms with E-state index in [1.165, 1.54) is 18.7 Å². The van der Waals surface area contributed by atoms with Gasteiger partial charge in [0.1, 0.15) is 17.8 Å². The summed E-state index contributed by atoms with van der Waals surface area (Å²) in [5.41, 5.74) is 0.194. The minimum absolute atomic E-state index is 0.131. The smallest absolute Gasteiger partial charge is 0.255 e. The van der Waals surface area contributed by atoms with Gasteiger partial charge >= 0.3 is 0 Å². The van der Waals surface area contributed by atoms with Gasteiger partial charge in [-0.1, -0.05) is 23.7 Å². The summed E-state index contributed by atoms with van der Waals surface area (Å²) in [6, 6.07) is 13.5. The summed E-state index contributed by atoms with van der Waals surface area (Å²) in [7, 11) is 0. The van der Waals surface area contributed by atoms with Crippen LogP contribution in [0.4, 0.5) is 10.1 Å². The van der Waals surface area contributed by atoms with Crippen molar-refractivity contribution in [2.45, 2.75) is 38.7 Å². The van der Waals surface area contributed by atoms with Gasteiger partial charge in [-0.05, 0) is 48.4 Å². The fraction of sp³-hybridized carbons (Fsp3) is 0.375. The molecule has 2 aromatic rings. The molecule has 0 aromatic heterocycles. The topological polar surface area (TPSA) is 70.2 Å². The number of nitrogens with zero attached hydrogens (tertiary/aromatic N) is 3. The van der Waals surface area contributed by atoms with Gasteiger partial charge in [0.25, 0.3) is 5.91 Å². The van der Waals surface area contributed by atoms with Crippen molar-refractivity contribution < 1.29 is 23.5 Å². The maximum Gasteiger partial charge on any atom is 0.255 e. The van der Waals surface area contributed by atoms with E-state index in [0.717, 1.165) is 5.56 Å². The largest absolute Gasteiger partial charge is 0.461 e. The van der Waals surface area contributed by atoms with E-state index in [1.807, 2.05) is 12.1 Å². The van der Waals surface area contributed by atoms with Crippen LogP contribution in [0.1, 0.15) is 25.8 Å². The third-order valence-corrected chi connectivity index (χ3v) is 6.40. The van der Waals surface area contributed by atoms with Crippen LogP contribution in [0.5, 0.6) is 5.75 Å². The van der Waals surface area contributed by atoms with Gasteiger partial charge in [0.05, 0.1) is 6.54 Å². The molecule has 7 nitrogen and oxygen atoms in total. The number of rotatable bonds is 5. The van der Waals surface area contributed by atoms with Crippen molar-refractivity contribution in [3.63, 3.8) is 0 Å². The first kappa shape index (κ1) is 23.0. The van der Waals surface area contributed by atoms with Crippen LogP contribution >= 0.6 is 11.6 Å². The highest BCUT2D eigenvalue weighted by atomic mass is 35.5. The number of carbonyl (C=O) groups excluding carboxylic acids is 3. The lowest BCUT2D eigenvalue weighted by molar-refractivity contribution is -0.151. The first-order valence-corrected chi connectivity index (χ1v) is 11.1. The summed E-state index contributed by atoms with van der Waals surface area (Å²) >= 11 is 5.99. The predicted molar refractivity (Wildman–Crippen MR) is 122 cm³/mol. The summed E-state index contributed by atoms with van der Waals surface area (Å²) in [6.07, 6.45) is -1.11. The number of halogens is 2. The zero-order valence-electron chi connectivity index (χ0n) is 18.5. The minimum atomic E-state index is -1.46. The Morgan fingerprint density at radius 3 is 2.39 bits per heavy atom. The van der Waals surface area contributed by atoms with Crippen LogP contribution in [0.3, 0.4) is 0 Å². The van der Waals surface area contributed by atoms with Gasteiger partial charge in [0.2, 0.25) is 18.2 Å². The van der Waals surface area contributed by atoms with Crippen LogP contribution in [0.2, 0.25) is 5.02 Å². The van der Waals surface area contributed by atoms with Gasteiger partial charge in [0.15, 0.2) is 0 Å². The minimum Gasteiger partial charge on any atom is -0.461 e. The molecule has 0 saturated carbocycles. The van der Waals surface area contributed by atoms with Gasteiger partial charge in [-0.2, -0.15) is 0 Å². The molecule has 2 atom stereocenters. The predicted octanol–water partition coefficient (Wildman–Crippen LogP) is 3.40. The molecule has 0 aliphatic carbocycles. The molecule has 2 aromatic carbocycles. The molecule has 2 aliphatic rings. The molecular formula is C24H25ClFN3O4. The standard InChI is InChI=1S/C24H25ClFN3O4/c1-16(26)33-21-9-7-20(8-10-21)28-14-22(31)29(13-18-3-5-19(25)6-4-18)24(23(28)32)11-12-27(15-24)17(2)30/h3-10,16H,11-15H2,1-2H3/t16?,24-/m0/s1. The Balaban J connectivity index is 1.66. The van der Waals surface area contributed by atoms with Gasteiger partial charge in [-0.25, -0.2) is 4.39 Å². The van der Waals surface area contributed by atoms with Gasteiger partial charge in [-0.15, -0.1) is 0 Å². The summed E-state index contributed by atoms with van der Waals surface area (Å²) in [5, 5.41) is 0.582. The van der Waals surface area contributed by atoms with E-state index in [4.69, 9.17) is 16.3 Å². The molecule has 0 radical (unpaired) electrons. The lowest BCUT2D eigenvalue weighted by Crippen LogP contribution is -2.69. The number of alkyl halides is 1. The van der Waals surface area contributed by atoms with E-state index in [9.17, 15) is 18.8 Å². The maximum atomic E-state index is 13.9. The second-order valence-electron chi connectivity index (χ2n) is 8.37. The third kappa shape index (κ3) is 4.53. The van der Waals surface area contributed by atoms with Crippen LogP contribution in [-0.4, -0.2) is 59.1 Å². The average molecular weight is 474 g/mol. The summed E-state index contributed by atoms with van der Waals surface area (Å²) in [6.45, 7) is 3.37. The number of anilines is 1. The monoisotopic (exact) mass is 473 g/mol. The molecule has 4 rings (SSSR count). The zero-order chi connectivity index (χ0) is 23.8. The molecule has 0 N–H and O–H groups in total. The Morgan fingerprint density at radius 1 is 1.15 bits per heavy atom. The first-order valence-electron chi connectivity index (χ1n) is 10.7. The second kappa shape index (κ2) is 9.02. The fourth-order valence-corrected chi connectivity index (χ4v) is 4.59. The molecular weight excluding hydrogens is 449 g/mol. The number of hydrogen-bond acceptors (Lipinski definition) is 4. The lowest BCUT2D eigenvalue weighted by Gasteiger charge is -2.47. The molecule has 2 heterocycles. The third-order valence-electron chi connectivity index (χ3n) is 6.15. The number of likely N-dealkylation sites (tertiary alicyclic amines) is 1. The van der Waals surface area contributed by atoms with Crippen molar-refractivity contribution in [3.05, 3.63) is 59.1 Å². The zero-order valence-corrected chi connectivity index (χ0v) is 19.2. The van der Waals surface area contributed by atoms with E-state index in [0.29, 0.717) is 29.4 Å². The van der Waals surface area contributed by atoms with Crippen molar-refractivity contribution in [2.75, 3.05) is 24.5 Å². The first-order chi connectivity index (χ1) is 15.7. The molecule has 33 heavy (non-hydrogen) atoms. The van der Waals surface area contributed by atoms with Crippen LogP contribution < -0.4 is 9.64 Å². The Hall–Kier alpha value is -3.13. The molecule has 1 unspecified atom stereocenters. The Morgan fingerprint density at radius 2 is 1.82 bits per heavy atom. The van der Waals surface area contributed by atoms with E-state index < -0.39 is 11.9 Å². The molecule has 1 spiro atoms. The summed E-state index contributed by atoms with van der Waals surface area (Å²) < 4.78 is 18.2. The summed E-state index contributed by atoms with van der Waals surface area (Å²) in [5.74, 6) is -0.273. The highest BCUT2D eigenvalue weighted by molar-refractivity contribution is 6.30. The number of hydrogen-bond donors (Lipinski definition) is 0. The van der Waals surface area contributed by atoms with Gasteiger partial charge in [0, 0.05) is 37.6 Å². The van der Waals surface area contributed by atoms with Crippen molar-refractivity contribution in [1.29, 1.82) is 0 Å². The number of piperazine rings is 1. The molecule has 3 amide bonds. The molecule has 2 saturated heterocycles. The molecule has 9 heteroatoms.